The lowest BCUT2D eigenvalue weighted by Gasteiger charge is -2.07. The Morgan fingerprint density at radius 2 is 1.78 bits per heavy atom. The van der Waals surface area contributed by atoms with Crippen LogP contribution in [0, 0.1) is 19.7 Å². The fourth-order valence-corrected chi connectivity index (χ4v) is 3.71. The first kappa shape index (κ1) is 15.4. The van der Waals surface area contributed by atoms with Crippen LogP contribution in [0.5, 0.6) is 0 Å². The third-order valence-corrected chi connectivity index (χ3v) is 5.50. The summed E-state index contributed by atoms with van der Waals surface area (Å²) in [5.74, 6) is -0.626. The van der Waals surface area contributed by atoms with Gasteiger partial charge in [-0.1, -0.05) is 12.1 Å². The first-order valence-corrected chi connectivity index (χ1v) is 8.42. The molecule has 0 aliphatic heterocycles. The second-order valence-electron chi connectivity index (χ2n) is 5.45. The molecule has 0 saturated heterocycles. The van der Waals surface area contributed by atoms with Gasteiger partial charge < -0.3 is 4.98 Å². The first-order chi connectivity index (χ1) is 10.8. The van der Waals surface area contributed by atoms with Gasteiger partial charge in [-0.05, 0) is 49.2 Å². The summed E-state index contributed by atoms with van der Waals surface area (Å²) in [7, 11) is -4.09. The molecular weight excluding hydrogens is 317 g/mol. The molecule has 2 aromatic carbocycles. The van der Waals surface area contributed by atoms with Crippen LogP contribution >= 0.6 is 0 Å². The molecule has 6 heteroatoms. The number of aromatic amines is 1. The number of hydrogen-bond donors (Lipinski definition) is 1. The third-order valence-electron chi connectivity index (χ3n) is 3.75. The minimum Gasteiger partial charge on any atom is -0.360 e. The van der Waals surface area contributed by atoms with Gasteiger partial charge in [-0.2, -0.15) is 0 Å². The maximum absolute atomic E-state index is 13.7. The number of aromatic nitrogens is 1. The average Bonchev–Trinajstić information content (AvgIpc) is 2.49. The van der Waals surface area contributed by atoms with Crippen molar-refractivity contribution in [2.75, 3.05) is 0 Å². The summed E-state index contributed by atoms with van der Waals surface area (Å²) in [6.07, 6.45) is 1.16. The molecule has 0 aliphatic carbocycles. The van der Waals surface area contributed by atoms with E-state index in [0.717, 1.165) is 17.8 Å². The fraction of sp³-hybridized carbons (Fsp3) is 0.118. The maximum atomic E-state index is 13.7. The molecule has 0 amide bonds. The zero-order valence-electron chi connectivity index (χ0n) is 12.6. The predicted octanol–water partition coefficient (Wildman–Crippen LogP) is 3.12. The van der Waals surface area contributed by atoms with E-state index in [4.69, 9.17) is 0 Å². The molecule has 118 valence electrons. The van der Waals surface area contributed by atoms with Gasteiger partial charge in [0.2, 0.25) is 15.3 Å². The molecule has 4 nitrogen and oxygen atoms in total. The van der Waals surface area contributed by atoms with Crippen LogP contribution in [0.15, 0.2) is 57.2 Å². The zero-order valence-corrected chi connectivity index (χ0v) is 13.4. The van der Waals surface area contributed by atoms with Gasteiger partial charge >= 0.3 is 0 Å². The summed E-state index contributed by atoms with van der Waals surface area (Å²) in [4.78, 5) is 14.7. The highest BCUT2D eigenvalue weighted by Gasteiger charge is 2.23. The van der Waals surface area contributed by atoms with Crippen LogP contribution in [0.4, 0.5) is 4.39 Å². The highest BCUT2D eigenvalue weighted by molar-refractivity contribution is 7.91. The summed E-state index contributed by atoms with van der Waals surface area (Å²) in [6, 6.07) is 8.69. The molecule has 0 saturated carbocycles. The largest absolute Gasteiger partial charge is 0.360 e. The van der Waals surface area contributed by atoms with Gasteiger partial charge in [0.05, 0.1) is 4.90 Å². The highest BCUT2D eigenvalue weighted by atomic mass is 32.2. The Morgan fingerprint density at radius 3 is 2.48 bits per heavy atom. The van der Waals surface area contributed by atoms with E-state index < -0.39 is 26.0 Å². The topological polar surface area (TPSA) is 67.0 Å². The minimum absolute atomic E-state index is 0.238. The van der Waals surface area contributed by atoms with Gasteiger partial charge in [0, 0.05) is 17.1 Å². The van der Waals surface area contributed by atoms with Gasteiger partial charge in [0.25, 0.3) is 0 Å². The van der Waals surface area contributed by atoms with Crippen molar-refractivity contribution >= 4 is 20.7 Å². The number of pyridine rings is 1. The van der Waals surface area contributed by atoms with E-state index in [1.807, 2.05) is 6.92 Å². The number of H-pyrrole nitrogens is 1. The molecular formula is C17H14FNO3S. The number of benzene rings is 2. The lowest BCUT2D eigenvalue weighted by atomic mass is 10.1. The van der Waals surface area contributed by atoms with E-state index in [1.165, 1.54) is 19.1 Å². The van der Waals surface area contributed by atoms with Crippen molar-refractivity contribution in [2.24, 2.45) is 0 Å². The van der Waals surface area contributed by atoms with Crippen molar-refractivity contribution in [1.82, 2.24) is 4.98 Å². The normalized spacial score (nSPS) is 11.8. The smallest absolute Gasteiger partial charge is 0.212 e. The maximum Gasteiger partial charge on any atom is 0.212 e. The molecule has 0 aliphatic rings. The minimum atomic E-state index is -4.09. The van der Waals surface area contributed by atoms with E-state index >= 15 is 0 Å². The summed E-state index contributed by atoms with van der Waals surface area (Å²) < 4.78 is 39.0. The Bertz CT molecular complexity index is 1080. The van der Waals surface area contributed by atoms with Crippen LogP contribution in [0.1, 0.15) is 11.1 Å². The Kier molecular flexibility index (Phi) is 3.56. The molecule has 3 aromatic rings. The van der Waals surface area contributed by atoms with Crippen molar-refractivity contribution in [1.29, 1.82) is 0 Å². The van der Waals surface area contributed by atoms with Crippen molar-refractivity contribution < 1.29 is 12.8 Å². The average molecular weight is 331 g/mol. The van der Waals surface area contributed by atoms with Crippen LogP contribution in [0.25, 0.3) is 10.9 Å². The predicted molar refractivity (Wildman–Crippen MR) is 85.9 cm³/mol. The number of fused-ring (bicyclic) bond motifs is 1. The third kappa shape index (κ3) is 2.55. The molecule has 0 radical (unpaired) electrons. The zero-order chi connectivity index (χ0) is 16.8. The van der Waals surface area contributed by atoms with Gasteiger partial charge in [0.15, 0.2) is 0 Å². The monoisotopic (exact) mass is 331 g/mol. The van der Waals surface area contributed by atoms with Crippen molar-refractivity contribution in [2.45, 2.75) is 23.6 Å². The van der Waals surface area contributed by atoms with E-state index in [1.54, 1.807) is 18.2 Å². The van der Waals surface area contributed by atoms with Gasteiger partial charge in [0.1, 0.15) is 10.7 Å². The molecule has 1 heterocycles. The second kappa shape index (κ2) is 5.31. The Labute approximate surface area is 132 Å². The van der Waals surface area contributed by atoms with Crippen LogP contribution < -0.4 is 5.43 Å². The van der Waals surface area contributed by atoms with Gasteiger partial charge in [-0.15, -0.1) is 0 Å². The number of rotatable bonds is 2. The quantitative estimate of drug-likeness (QED) is 0.784. The molecule has 0 spiro atoms. The summed E-state index contributed by atoms with van der Waals surface area (Å²) in [6.45, 7) is 3.41. The van der Waals surface area contributed by atoms with E-state index in [2.05, 4.69) is 4.98 Å². The molecule has 1 aromatic heterocycles. The van der Waals surface area contributed by atoms with Crippen LogP contribution in [-0.4, -0.2) is 13.4 Å². The van der Waals surface area contributed by atoms with Crippen LogP contribution in [0.3, 0.4) is 0 Å². The van der Waals surface area contributed by atoms with Crippen LogP contribution in [0.2, 0.25) is 0 Å². The number of hydrogen-bond acceptors (Lipinski definition) is 3. The van der Waals surface area contributed by atoms with Crippen LogP contribution in [-0.2, 0) is 9.84 Å². The van der Waals surface area contributed by atoms with Gasteiger partial charge in [-0.25, -0.2) is 12.8 Å². The molecule has 0 fully saturated rings. The molecule has 3 rings (SSSR count). The Hall–Kier alpha value is -2.47. The number of sulfone groups is 1. The van der Waals surface area contributed by atoms with Crippen molar-refractivity contribution in [3.05, 3.63) is 69.8 Å². The fourth-order valence-electron chi connectivity index (χ4n) is 2.38. The summed E-state index contributed by atoms with van der Waals surface area (Å²) >= 11 is 0. The Balaban J connectivity index is 2.26. The number of halogens is 1. The second-order valence-corrected chi connectivity index (χ2v) is 7.36. The van der Waals surface area contributed by atoms with E-state index in [0.29, 0.717) is 11.1 Å². The van der Waals surface area contributed by atoms with Crippen molar-refractivity contribution in [3.8, 4) is 0 Å². The van der Waals surface area contributed by atoms with Gasteiger partial charge in [-0.3, -0.25) is 4.79 Å². The van der Waals surface area contributed by atoms with E-state index in [-0.39, 0.29) is 10.3 Å². The molecule has 23 heavy (non-hydrogen) atoms. The summed E-state index contributed by atoms with van der Waals surface area (Å²) in [5.41, 5.74) is 1.25. The first-order valence-electron chi connectivity index (χ1n) is 6.94. The number of aryl methyl sites for hydroxylation is 2. The highest BCUT2D eigenvalue weighted by Crippen LogP contribution is 2.21. The van der Waals surface area contributed by atoms with E-state index in [9.17, 15) is 17.6 Å². The summed E-state index contributed by atoms with van der Waals surface area (Å²) in [5, 5.41) is 0.282. The molecule has 0 atom stereocenters. The lowest BCUT2D eigenvalue weighted by Crippen LogP contribution is -2.16. The van der Waals surface area contributed by atoms with Crippen molar-refractivity contribution in [3.63, 3.8) is 0 Å². The molecule has 0 bridgehead atoms. The lowest BCUT2D eigenvalue weighted by molar-refractivity contribution is 0.588. The SMILES string of the molecule is Cc1ccc2c(=O)c(S(=O)(=O)c3ccc(C)c(F)c3)c[nH]c2c1. The molecule has 1 N–H and O–H groups in total. The standard InChI is InChI=1S/C17H14FNO3S/c1-10-3-6-13-15(7-10)19-9-16(17(13)20)23(21,22)12-5-4-11(2)14(18)8-12/h3-9H,1-2H3,(H,19,20). The number of nitrogens with one attached hydrogen (secondary N) is 1. The molecule has 0 unspecified atom stereocenters. The Morgan fingerprint density at radius 1 is 1.04 bits per heavy atom.